The molecule has 0 spiro atoms. The van der Waals surface area contributed by atoms with Crippen molar-refractivity contribution in [2.45, 2.75) is 32.5 Å². The van der Waals surface area contributed by atoms with Gasteiger partial charge in [0.1, 0.15) is 11.9 Å². The van der Waals surface area contributed by atoms with Crippen LogP contribution in [-0.4, -0.2) is 18.3 Å². The van der Waals surface area contributed by atoms with Crippen molar-refractivity contribution in [3.63, 3.8) is 0 Å². The van der Waals surface area contributed by atoms with Crippen LogP contribution in [0.15, 0.2) is 29.8 Å². The Hall–Kier alpha value is -0.990. The number of epoxide rings is 1. The number of benzene rings is 1. The van der Waals surface area contributed by atoms with E-state index in [4.69, 9.17) is 21.1 Å². The Morgan fingerprint density at radius 3 is 2.41 bits per heavy atom. The smallest absolute Gasteiger partial charge is 0.119 e. The van der Waals surface area contributed by atoms with Crippen LogP contribution in [0.2, 0.25) is 0 Å². The second-order valence-corrected chi connectivity index (χ2v) is 4.84. The molecule has 17 heavy (non-hydrogen) atoms. The zero-order valence-electron chi connectivity index (χ0n) is 10.4. The summed E-state index contributed by atoms with van der Waals surface area (Å²) in [5.74, 6) is 0.876. The monoisotopic (exact) mass is 252 g/mol. The van der Waals surface area contributed by atoms with Crippen molar-refractivity contribution in [2.24, 2.45) is 0 Å². The summed E-state index contributed by atoms with van der Waals surface area (Å²) in [7, 11) is 0. The van der Waals surface area contributed by atoms with Gasteiger partial charge in [0.2, 0.25) is 0 Å². The Kier molecular flexibility index (Phi) is 3.45. The molecule has 1 unspecified atom stereocenters. The van der Waals surface area contributed by atoms with Crippen LogP contribution >= 0.6 is 11.6 Å². The molecule has 1 fully saturated rings. The molecule has 1 atom stereocenters. The molecule has 1 aromatic rings. The fourth-order valence-corrected chi connectivity index (χ4v) is 2.13. The summed E-state index contributed by atoms with van der Waals surface area (Å²) in [6, 6.07) is 7.93. The lowest BCUT2D eigenvalue weighted by Gasteiger charge is -2.07. The highest BCUT2D eigenvalue weighted by molar-refractivity contribution is 6.28. The van der Waals surface area contributed by atoms with Gasteiger partial charge in [0, 0.05) is 11.1 Å². The number of rotatable bonds is 4. The maximum Gasteiger partial charge on any atom is 0.119 e. The molecule has 92 valence electrons. The fourth-order valence-electron chi connectivity index (χ4n) is 1.89. The minimum absolute atomic E-state index is 0.0953. The van der Waals surface area contributed by atoms with E-state index in [1.165, 1.54) is 0 Å². The third kappa shape index (κ3) is 2.64. The Morgan fingerprint density at radius 2 is 2.00 bits per heavy atom. The van der Waals surface area contributed by atoms with Gasteiger partial charge in [0.05, 0.1) is 12.2 Å². The second kappa shape index (κ2) is 4.71. The molecule has 1 aliphatic heterocycles. The Morgan fingerprint density at radius 1 is 1.41 bits per heavy atom. The molecule has 0 radical (unpaired) electrons. The highest BCUT2D eigenvalue weighted by Crippen LogP contribution is 2.44. The first-order chi connectivity index (χ1) is 8.08. The van der Waals surface area contributed by atoms with E-state index in [1.807, 2.05) is 31.2 Å². The maximum atomic E-state index is 5.89. The van der Waals surface area contributed by atoms with Crippen LogP contribution in [0.5, 0.6) is 5.75 Å². The van der Waals surface area contributed by atoms with E-state index in [0.717, 1.165) is 16.9 Å². The normalized spacial score (nSPS) is 22.4. The van der Waals surface area contributed by atoms with E-state index in [9.17, 15) is 0 Å². The molecular weight excluding hydrogens is 236 g/mol. The SMILES string of the molecule is CCOc1ccc(/C(=C\Cl)C2OC2(C)C)cc1. The molecule has 2 nitrogen and oxygen atoms in total. The van der Waals surface area contributed by atoms with Crippen LogP contribution in [0.3, 0.4) is 0 Å². The van der Waals surface area contributed by atoms with Gasteiger partial charge in [-0.3, -0.25) is 0 Å². The van der Waals surface area contributed by atoms with Crippen molar-refractivity contribution in [1.29, 1.82) is 0 Å². The van der Waals surface area contributed by atoms with Crippen LogP contribution in [0, 0.1) is 0 Å². The van der Waals surface area contributed by atoms with E-state index in [1.54, 1.807) is 5.54 Å². The van der Waals surface area contributed by atoms with Gasteiger partial charge in [-0.1, -0.05) is 23.7 Å². The molecule has 0 aromatic heterocycles. The minimum Gasteiger partial charge on any atom is -0.494 e. The van der Waals surface area contributed by atoms with E-state index in [2.05, 4.69) is 13.8 Å². The van der Waals surface area contributed by atoms with Gasteiger partial charge in [-0.05, 0) is 38.5 Å². The van der Waals surface area contributed by atoms with Crippen LogP contribution < -0.4 is 4.74 Å². The van der Waals surface area contributed by atoms with Gasteiger partial charge >= 0.3 is 0 Å². The van der Waals surface area contributed by atoms with Gasteiger partial charge in [-0.25, -0.2) is 0 Å². The van der Waals surface area contributed by atoms with Crippen molar-refractivity contribution in [1.82, 2.24) is 0 Å². The van der Waals surface area contributed by atoms with Crippen LogP contribution in [-0.2, 0) is 4.74 Å². The highest BCUT2D eigenvalue weighted by Gasteiger charge is 2.50. The number of hydrogen-bond acceptors (Lipinski definition) is 2. The average molecular weight is 253 g/mol. The van der Waals surface area contributed by atoms with Crippen molar-refractivity contribution in [3.8, 4) is 5.75 Å². The van der Waals surface area contributed by atoms with Crippen molar-refractivity contribution >= 4 is 17.2 Å². The van der Waals surface area contributed by atoms with E-state index < -0.39 is 0 Å². The lowest BCUT2D eigenvalue weighted by atomic mass is 9.98. The number of halogens is 1. The molecule has 3 heteroatoms. The molecule has 0 aliphatic carbocycles. The van der Waals surface area contributed by atoms with Gasteiger partial charge in [0.25, 0.3) is 0 Å². The Bertz CT molecular complexity index is 420. The number of hydrogen-bond donors (Lipinski definition) is 0. The van der Waals surface area contributed by atoms with E-state index >= 15 is 0 Å². The van der Waals surface area contributed by atoms with Crippen molar-refractivity contribution in [3.05, 3.63) is 35.4 Å². The molecular formula is C14H17ClO2. The van der Waals surface area contributed by atoms with Crippen LogP contribution in [0.25, 0.3) is 5.57 Å². The van der Waals surface area contributed by atoms with Crippen LogP contribution in [0.4, 0.5) is 0 Å². The minimum atomic E-state index is -0.0979. The summed E-state index contributed by atoms with van der Waals surface area (Å²) in [6.07, 6.45) is 0.0953. The van der Waals surface area contributed by atoms with E-state index in [-0.39, 0.29) is 11.7 Å². The molecule has 1 saturated heterocycles. The predicted molar refractivity (Wildman–Crippen MR) is 70.4 cm³/mol. The maximum absolute atomic E-state index is 5.89. The summed E-state index contributed by atoms with van der Waals surface area (Å²) >= 11 is 5.89. The standard InChI is InChI=1S/C14H17ClO2/c1-4-16-11-7-5-10(6-8-11)12(9-15)13-14(2,3)17-13/h5-9,13H,4H2,1-3H3/b12-9+. The molecule has 2 rings (SSSR count). The molecule has 0 bridgehead atoms. The fraction of sp³-hybridized carbons (Fsp3) is 0.429. The molecule has 1 aliphatic rings. The van der Waals surface area contributed by atoms with E-state index in [0.29, 0.717) is 6.61 Å². The Balaban J connectivity index is 2.16. The van der Waals surface area contributed by atoms with Gasteiger partial charge in [0.15, 0.2) is 0 Å². The van der Waals surface area contributed by atoms with Gasteiger partial charge in [-0.15, -0.1) is 0 Å². The molecule has 0 N–H and O–H groups in total. The zero-order chi connectivity index (χ0) is 12.5. The summed E-state index contributed by atoms with van der Waals surface area (Å²) in [4.78, 5) is 0. The molecule has 1 aromatic carbocycles. The third-order valence-corrected chi connectivity index (χ3v) is 3.13. The molecule has 0 saturated carbocycles. The lowest BCUT2D eigenvalue weighted by Crippen LogP contribution is -2.05. The summed E-state index contributed by atoms with van der Waals surface area (Å²) in [6.45, 7) is 6.77. The number of ether oxygens (including phenoxy) is 2. The quantitative estimate of drug-likeness (QED) is 0.760. The summed E-state index contributed by atoms with van der Waals surface area (Å²) in [5.41, 5.74) is 3.62. The molecule has 0 amide bonds. The Labute approximate surface area is 107 Å². The van der Waals surface area contributed by atoms with Gasteiger partial charge < -0.3 is 9.47 Å². The van der Waals surface area contributed by atoms with Crippen molar-refractivity contribution < 1.29 is 9.47 Å². The first-order valence-corrected chi connectivity index (χ1v) is 6.23. The predicted octanol–water partition coefficient (Wildman–Crippen LogP) is 3.84. The topological polar surface area (TPSA) is 21.8 Å². The summed E-state index contributed by atoms with van der Waals surface area (Å²) < 4.78 is 11.0. The zero-order valence-corrected chi connectivity index (χ0v) is 11.1. The largest absolute Gasteiger partial charge is 0.494 e. The second-order valence-electron chi connectivity index (χ2n) is 4.62. The third-order valence-electron chi connectivity index (χ3n) is 2.89. The molecule has 1 heterocycles. The lowest BCUT2D eigenvalue weighted by molar-refractivity contribution is 0.335. The highest BCUT2D eigenvalue weighted by atomic mass is 35.5. The first kappa shape index (κ1) is 12.5. The first-order valence-electron chi connectivity index (χ1n) is 5.80. The average Bonchev–Trinajstić information content (AvgIpc) is 2.91. The van der Waals surface area contributed by atoms with Crippen LogP contribution in [0.1, 0.15) is 26.3 Å². The van der Waals surface area contributed by atoms with Gasteiger partial charge in [-0.2, -0.15) is 0 Å². The van der Waals surface area contributed by atoms with Crippen molar-refractivity contribution in [2.75, 3.05) is 6.61 Å². The summed E-state index contributed by atoms with van der Waals surface area (Å²) in [5, 5.41) is 0.